The fourth-order valence-electron chi connectivity index (χ4n) is 2.41. The van der Waals surface area contributed by atoms with E-state index in [9.17, 15) is 0 Å². The van der Waals surface area contributed by atoms with Crippen LogP contribution in [0.4, 0.5) is 0 Å². The SMILES string of the molecule is CNC(c1ccc2c(c1)OCC(C)CO2)c1sccc1Cl. The largest absolute Gasteiger partial charge is 0.489 e. The van der Waals surface area contributed by atoms with Gasteiger partial charge in [0.15, 0.2) is 11.5 Å². The van der Waals surface area contributed by atoms with Crippen molar-refractivity contribution in [3.8, 4) is 11.5 Å². The van der Waals surface area contributed by atoms with Gasteiger partial charge in [-0.3, -0.25) is 0 Å². The molecule has 0 spiro atoms. The summed E-state index contributed by atoms with van der Waals surface area (Å²) in [7, 11) is 1.94. The summed E-state index contributed by atoms with van der Waals surface area (Å²) < 4.78 is 11.6. The number of thiophene rings is 1. The number of nitrogens with one attached hydrogen (secondary N) is 1. The number of halogens is 1. The summed E-state index contributed by atoms with van der Waals surface area (Å²) in [5, 5.41) is 6.12. The van der Waals surface area contributed by atoms with Crippen LogP contribution in [0.2, 0.25) is 5.02 Å². The average Bonchev–Trinajstić information content (AvgIpc) is 2.81. The van der Waals surface area contributed by atoms with Gasteiger partial charge in [0.1, 0.15) is 0 Å². The number of hydrogen-bond acceptors (Lipinski definition) is 4. The molecule has 0 aliphatic carbocycles. The lowest BCUT2D eigenvalue weighted by Crippen LogP contribution is -2.17. The first-order valence-corrected chi connectivity index (χ1v) is 8.24. The molecule has 5 heteroatoms. The van der Waals surface area contributed by atoms with Gasteiger partial charge in [-0.1, -0.05) is 24.6 Å². The predicted octanol–water partition coefficient (Wildman–Crippen LogP) is 4.12. The Kier molecular flexibility index (Phi) is 4.38. The number of rotatable bonds is 3. The van der Waals surface area contributed by atoms with Gasteiger partial charge < -0.3 is 14.8 Å². The molecule has 3 rings (SSSR count). The predicted molar refractivity (Wildman–Crippen MR) is 86.8 cm³/mol. The average molecular weight is 324 g/mol. The minimum Gasteiger partial charge on any atom is -0.489 e. The van der Waals surface area contributed by atoms with E-state index in [1.165, 1.54) is 0 Å². The number of fused-ring (bicyclic) bond motifs is 1. The van der Waals surface area contributed by atoms with Gasteiger partial charge in [-0.25, -0.2) is 0 Å². The van der Waals surface area contributed by atoms with Crippen molar-refractivity contribution in [3.63, 3.8) is 0 Å². The van der Waals surface area contributed by atoms with Crippen LogP contribution in [0.15, 0.2) is 29.6 Å². The lowest BCUT2D eigenvalue weighted by molar-refractivity contribution is 0.228. The van der Waals surface area contributed by atoms with Gasteiger partial charge in [0.2, 0.25) is 0 Å². The maximum Gasteiger partial charge on any atom is 0.161 e. The molecule has 1 aliphatic rings. The Bertz CT molecular complexity index is 628. The third-order valence-electron chi connectivity index (χ3n) is 3.54. The minimum atomic E-state index is 0.0621. The van der Waals surface area contributed by atoms with E-state index in [0.29, 0.717) is 19.1 Å². The molecule has 0 fully saturated rings. The number of ether oxygens (including phenoxy) is 2. The number of hydrogen-bond donors (Lipinski definition) is 1. The molecule has 21 heavy (non-hydrogen) atoms. The number of benzene rings is 1. The third-order valence-corrected chi connectivity index (χ3v) is 4.97. The fraction of sp³-hybridized carbons (Fsp3) is 0.375. The molecule has 2 unspecified atom stereocenters. The summed E-state index contributed by atoms with van der Waals surface area (Å²) >= 11 is 7.92. The minimum absolute atomic E-state index is 0.0621. The molecule has 0 bridgehead atoms. The van der Waals surface area contributed by atoms with Gasteiger partial charge in [-0.05, 0) is 36.2 Å². The van der Waals surface area contributed by atoms with E-state index in [2.05, 4.69) is 18.3 Å². The zero-order chi connectivity index (χ0) is 14.8. The first-order chi connectivity index (χ1) is 10.2. The zero-order valence-corrected chi connectivity index (χ0v) is 13.6. The quantitative estimate of drug-likeness (QED) is 0.921. The highest BCUT2D eigenvalue weighted by Gasteiger charge is 2.20. The topological polar surface area (TPSA) is 30.5 Å². The zero-order valence-electron chi connectivity index (χ0n) is 12.1. The Balaban J connectivity index is 1.94. The molecule has 2 aromatic rings. The van der Waals surface area contributed by atoms with E-state index >= 15 is 0 Å². The van der Waals surface area contributed by atoms with Gasteiger partial charge in [0.05, 0.1) is 24.3 Å². The van der Waals surface area contributed by atoms with E-state index in [4.69, 9.17) is 21.1 Å². The monoisotopic (exact) mass is 323 g/mol. The van der Waals surface area contributed by atoms with Crippen molar-refractivity contribution in [3.05, 3.63) is 45.1 Å². The fourth-order valence-corrected chi connectivity index (χ4v) is 3.71. The van der Waals surface area contributed by atoms with Gasteiger partial charge in [0.25, 0.3) is 0 Å². The summed E-state index contributed by atoms with van der Waals surface area (Å²) in [6.07, 6.45) is 0. The van der Waals surface area contributed by atoms with Crippen LogP contribution >= 0.6 is 22.9 Å². The molecule has 1 aliphatic heterocycles. The lowest BCUT2D eigenvalue weighted by atomic mass is 10.0. The summed E-state index contributed by atoms with van der Waals surface area (Å²) in [5.74, 6) is 2.02. The van der Waals surface area contributed by atoms with Gasteiger partial charge >= 0.3 is 0 Å². The van der Waals surface area contributed by atoms with Crippen molar-refractivity contribution in [2.75, 3.05) is 20.3 Å². The molecule has 1 aromatic heterocycles. The van der Waals surface area contributed by atoms with Crippen molar-refractivity contribution >= 4 is 22.9 Å². The van der Waals surface area contributed by atoms with Crippen molar-refractivity contribution in [2.45, 2.75) is 13.0 Å². The molecule has 0 amide bonds. The standard InChI is InChI=1S/C16H18ClNO2S/c1-10-8-19-13-4-3-11(7-14(13)20-9-10)15(18-2)16-12(17)5-6-21-16/h3-7,10,15,18H,8-9H2,1-2H3. The van der Waals surface area contributed by atoms with E-state index in [0.717, 1.165) is 27.0 Å². The molecule has 1 aromatic carbocycles. The van der Waals surface area contributed by atoms with Crippen LogP contribution in [0.3, 0.4) is 0 Å². The van der Waals surface area contributed by atoms with Gasteiger partial charge in [-0.15, -0.1) is 11.3 Å². The molecule has 0 saturated heterocycles. The second-order valence-corrected chi connectivity index (χ2v) is 6.64. The first kappa shape index (κ1) is 14.7. The Hall–Kier alpha value is -1.23. The first-order valence-electron chi connectivity index (χ1n) is 6.98. The molecule has 3 nitrogen and oxygen atoms in total. The van der Waals surface area contributed by atoms with Crippen LogP contribution in [0.1, 0.15) is 23.4 Å². The molecule has 0 radical (unpaired) electrons. The van der Waals surface area contributed by atoms with Crippen molar-refractivity contribution in [1.29, 1.82) is 0 Å². The lowest BCUT2D eigenvalue weighted by Gasteiger charge is -2.17. The second-order valence-electron chi connectivity index (χ2n) is 5.29. The van der Waals surface area contributed by atoms with Crippen LogP contribution < -0.4 is 14.8 Å². The van der Waals surface area contributed by atoms with Crippen molar-refractivity contribution < 1.29 is 9.47 Å². The van der Waals surface area contributed by atoms with E-state index in [1.54, 1.807) is 11.3 Å². The molecule has 2 heterocycles. The Morgan fingerprint density at radius 1 is 1.24 bits per heavy atom. The maximum absolute atomic E-state index is 6.27. The molecule has 1 N–H and O–H groups in total. The second kappa shape index (κ2) is 6.26. The smallest absolute Gasteiger partial charge is 0.161 e. The Morgan fingerprint density at radius 3 is 2.67 bits per heavy atom. The van der Waals surface area contributed by atoms with E-state index < -0.39 is 0 Å². The van der Waals surface area contributed by atoms with Crippen molar-refractivity contribution in [1.82, 2.24) is 5.32 Å². The van der Waals surface area contributed by atoms with E-state index in [-0.39, 0.29) is 6.04 Å². The highest BCUT2D eigenvalue weighted by Crippen LogP contribution is 2.37. The summed E-state index contributed by atoms with van der Waals surface area (Å²) in [6, 6.07) is 8.08. The van der Waals surface area contributed by atoms with Crippen LogP contribution in [-0.2, 0) is 0 Å². The summed E-state index contributed by atoms with van der Waals surface area (Å²) in [5.41, 5.74) is 1.12. The van der Waals surface area contributed by atoms with Crippen LogP contribution in [0.5, 0.6) is 11.5 Å². The van der Waals surface area contributed by atoms with Crippen LogP contribution in [-0.4, -0.2) is 20.3 Å². The van der Waals surface area contributed by atoms with Gasteiger partial charge in [-0.2, -0.15) is 0 Å². The Morgan fingerprint density at radius 2 is 2.00 bits per heavy atom. The van der Waals surface area contributed by atoms with Crippen molar-refractivity contribution in [2.24, 2.45) is 5.92 Å². The van der Waals surface area contributed by atoms with Crippen LogP contribution in [0, 0.1) is 5.92 Å². The molecular formula is C16H18ClNO2S. The highest BCUT2D eigenvalue weighted by molar-refractivity contribution is 7.10. The normalized spacial score (nSPS) is 19.1. The van der Waals surface area contributed by atoms with E-state index in [1.807, 2.05) is 30.6 Å². The third kappa shape index (κ3) is 3.03. The van der Waals surface area contributed by atoms with Gasteiger partial charge in [0, 0.05) is 10.8 Å². The highest BCUT2D eigenvalue weighted by atomic mass is 35.5. The molecule has 112 valence electrons. The molecular weight excluding hydrogens is 306 g/mol. The van der Waals surface area contributed by atoms with Crippen LogP contribution in [0.25, 0.3) is 0 Å². The molecule has 2 atom stereocenters. The molecule has 0 saturated carbocycles. The summed E-state index contributed by atoms with van der Waals surface area (Å²) in [4.78, 5) is 1.11. The maximum atomic E-state index is 6.27. The summed E-state index contributed by atoms with van der Waals surface area (Å²) in [6.45, 7) is 3.49. The Labute approximate surface area is 133 Å².